The van der Waals surface area contributed by atoms with Gasteiger partial charge in [0.05, 0.1) is 19.3 Å². The van der Waals surface area contributed by atoms with Crippen molar-refractivity contribution in [2.45, 2.75) is 18.2 Å². The van der Waals surface area contributed by atoms with E-state index in [2.05, 4.69) is 5.32 Å². The summed E-state index contributed by atoms with van der Waals surface area (Å²) in [5.41, 5.74) is 2.39. The van der Waals surface area contributed by atoms with Crippen LogP contribution in [0.25, 0.3) is 0 Å². The number of methoxy groups -OCH3 is 1. The maximum atomic E-state index is 13.1. The summed E-state index contributed by atoms with van der Waals surface area (Å²) in [7, 11) is 1.59. The van der Waals surface area contributed by atoms with Crippen molar-refractivity contribution in [1.82, 2.24) is 4.90 Å². The molecular formula is C25H23N3O3S. The number of thioether (sulfide) groups is 1. The normalized spacial score (nSPS) is 17.3. The van der Waals surface area contributed by atoms with Gasteiger partial charge in [0.2, 0.25) is 11.8 Å². The van der Waals surface area contributed by atoms with Gasteiger partial charge in [-0.15, -0.1) is 0 Å². The third-order valence-corrected chi connectivity index (χ3v) is 6.14. The van der Waals surface area contributed by atoms with Gasteiger partial charge in [-0.3, -0.25) is 14.5 Å². The Labute approximate surface area is 191 Å². The summed E-state index contributed by atoms with van der Waals surface area (Å²) in [6.07, 6.45) is 0.104. The number of amides is 2. The van der Waals surface area contributed by atoms with E-state index >= 15 is 0 Å². The molecule has 1 aliphatic heterocycles. The number of nitrogens with zero attached hydrogens (tertiary/aromatic N) is 2. The molecule has 1 aliphatic rings. The topological polar surface area (TPSA) is 71.0 Å². The number of nitrogens with one attached hydrogen (secondary N) is 1. The fourth-order valence-corrected chi connectivity index (χ4v) is 4.37. The lowest BCUT2D eigenvalue weighted by molar-refractivity contribution is -0.129. The van der Waals surface area contributed by atoms with Gasteiger partial charge >= 0.3 is 0 Å². The average molecular weight is 446 g/mol. The Balaban J connectivity index is 1.55. The summed E-state index contributed by atoms with van der Waals surface area (Å²) in [5, 5.41) is 2.84. The standard InChI is InChI=1S/C25H23N3O3S/c1-31-21-14-12-20(13-15-21)26-24(30)22-16-23(29)28(17-18-8-4-2-5-9-18)25(32-22)27-19-10-6-3-7-11-19/h2-15,22H,16-17H2,1H3,(H,26,30). The molecule has 1 heterocycles. The van der Waals surface area contributed by atoms with Crippen molar-refractivity contribution in [2.75, 3.05) is 12.4 Å². The lowest BCUT2D eigenvalue weighted by Gasteiger charge is -2.32. The minimum atomic E-state index is -0.570. The molecule has 2 amide bonds. The molecule has 32 heavy (non-hydrogen) atoms. The predicted molar refractivity (Wildman–Crippen MR) is 128 cm³/mol. The smallest absolute Gasteiger partial charge is 0.238 e. The van der Waals surface area contributed by atoms with Crippen molar-refractivity contribution in [3.8, 4) is 5.75 Å². The van der Waals surface area contributed by atoms with Crippen LogP contribution in [0.1, 0.15) is 12.0 Å². The van der Waals surface area contributed by atoms with E-state index in [0.29, 0.717) is 23.1 Å². The zero-order valence-corrected chi connectivity index (χ0v) is 18.4. The molecule has 0 bridgehead atoms. The Morgan fingerprint density at radius 2 is 1.69 bits per heavy atom. The fourth-order valence-electron chi connectivity index (χ4n) is 3.27. The molecule has 0 aromatic heterocycles. The zero-order valence-electron chi connectivity index (χ0n) is 17.6. The summed E-state index contributed by atoms with van der Waals surface area (Å²) in [4.78, 5) is 32.4. The number of rotatable bonds is 6. The molecule has 3 aromatic rings. The first-order valence-electron chi connectivity index (χ1n) is 10.2. The highest BCUT2D eigenvalue weighted by Gasteiger charge is 2.36. The highest BCUT2D eigenvalue weighted by Crippen LogP contribution is 2.31. The lowest BCUT2D eigenvalue weighted by atomic mass is 10.2. The quantitative estimate of drug-likeness (QED) is 0.588. The van der Waals surface area contributed by atoms with Crippen molar-refractivity contribution >= 4 is 40.1 Å². The second kappa shape index (κ2) is 10.2. The van der Waals surface area contributed by atoms with Crippen LogP contribution in [0.3, 0.4) is 0 Å². The maximum Gasteiger partial charge on any atom is 0.238 e. The Morgan fingerprint density at radius 3 is 2.34 bits per heavy atom. The second-order valence-electron chi connectivity index (χ2n) is 7.22. The number of benzene rings is 3. The number of ether oxygens (including phenoxy) is 1. The van der Waals surface area contributed by atoms with Crippen molar-refractivity contribution in [2.24, 2.45) is 4.99 Å². The molecule has 7 heteroatoms. The van der Waals surface area contributed by atoms with Gasteiger partial charge in [0.25, 0.3) is 0 Å². The number of hydrogen-bond donors (Lipinski definition) is 1. The molecule has 0 radical (unpaired) electrons. The minimum Gasteiger partial charge on any atom is -0.497 e. The zero-order chi connectivity index (χ0) is 22.3. The molecule has 0 saturated carbocycles. The highest BCUT2D eigenvalue weighted by molar-refractivity contribution is 8.15. The average Bonchev–Trinajstić information content (AvgIpc) is 2.83. The van der Waals surface area contributed by atoms with Crippen LogP contribution in [0, 0.1) is 0 Å². The summed E-state index contributed by atoms with van der Waals surface area (Å²) < 4.78 is 5.15. The van der Waals surface area contributed by atoms with E-state index in [1.54, 1.807) is 36.3 Å². The SMILES string of the molecule is COc1ccc(NC(=O)C2CC(=O)N(Cc3ccccc3)C(=Nc3ccccc3)S2)cc1. The summed E-state index contributed by atoms with van der Waals surface area (Å²) in [6.45, 7) is 0.408. The first kappa shape index (κ1) is 21.6. The monoisotopic (exact) mass is 445 g/mol. The van der Waals surface area contributed by atoms with Crippen LogP contribution in [0.4, 0.5) is 11.4 Å². The number of hydrogen-bond acceptors (Lipinski definition) is 5. The molecule has 4 rings (SSSR count). The third kappa shape index (κ3) is 5.36. The molecule has 162 valence electrons. The van der Waals surface area contributed by atoms with E-state index < -0.39 is 5.25 Å². The van der Waals surface area contributed by atoms with E-state index in [-0.39, 0.29) is 18.2 Å². The van der Waals surface area contributed by atoms with Crippen molar-refractivity contribution in [3.05, 3.63) is 90.5 Å². The second-order valence-corrected chi connectivity index (χ2v) is 8.39. The van der Waals surface area contributed by atoms with Gasteiger partial charge in [-0.2, -0.15) is 0 Å². The molecule has 1 unspecified atom stereocenters. The summed E-state index contributed by atoms with van der Waals surface area (Å²) in [5.74, 6) is 0.352. The van der Waals surface area contributed by atoms with Crippen LogP contribution >= 0.6 is 11.8 Å². The molecule has 6 nitrogen and oxygen atoms in total. The highest BCUT2D eigenvalue weighted by atomic mass is 32.2. The van der Waals surface area contributed by atoms with Crippen LogP contribution in [-0.2, 0) is 16.1 Å². The van der Waals surface area contributed by atoms with Gasteiger partial charge in [0.1, 0.15) is 11.0 Å². The van der Waals surface area contributed by atoms with E-state index in [1.165, 1.54) is 11.8 Å². The number of aliphatic imine (C=N–C) groups is 1. The van der Waals surface area contributed by atoms with Gasteiger partial charge in [-0.1, -0.05) is 60.3 Å². The van der Waals surface area contributed by atoms with E-state index in [0.717, 1.165) is 11.3 Å². The molecule has 1 fully saturated rings. The fraction of sp³-hybridized carbons (Fsp3) is 0.160. The molecule has 1 atom stereocenters. The largest absolute Gasteiger partial charge is 0.497 e. The minimum absolute atomic E-state index is 0.104. The molecular weight excluding hydrogens is 422 g/mol. The number of anilines is 1. The third-order valence-electron chi connectivity index (χ3n) is 4.95. The Kier molecular flexibility index (Phi) is 6.87. The summed E-state index contributed by atoms with van der Waals surface area (Å²) in [6, 6.07) is 26.3. The Morgan fingerprint density at radius 1 is 1.03 bits per heavy atom. The molecule has 0 spiro atoms. The number of amidine groups is 1. The van der Waals surface area contributed by atoms with Crippen molar-refractivity contribution in [1.29, 1.82) is 0 Å². The van der Waals surface area contributed by atoms with Crippen molar-refractivity contribution < 1.29 is 14.3 Å². The van der Waals surface area contributed by atoms with Crippen LogP contribution < -0.4 is 10.1 Å². The molecule has 0 aliphatic carbocycles. The predicted octanol–water partition coefficient (Wildman–Crippen LogP) is 4.86. The molecule has 3 aromatic carbocycles. The number of para-hydroxylation sites is 1. The Hall–Kier alpha value is -3.58. The summed E-state index contributed by atoms with van der Waals surface area (Å²) >= 11 is 1.31. The van der Waals surface area contributed by atoms with Gasteiger partial charge in [-0.25, -0.2) is 4.99 Å². The number of carbonyl (C=O) groups excluding carboxylic acids is 2. The van der Waals surface area contributed by atoms with E-state index in [4.69, 9.17) is 9.73 Å². The van der Waals surface area contributed by atoms with Gasteiger partial charge in [-0.05, 0) is 42.0 Å². The van der Waals surface area contributed by atoms with E-state index in [9.17, 15) is 9.59 Å². The van der Waals surface area contributed by atoms with Gasteiger partial charge < -0.3 is 10.1 Å². The maximum absolute atomic E-state index is 13.1. The Bertz CT molecular complexity index is 1100. The van der Waals surface area contributed by atoms with Gasteiger partial charge in [0.15, 0.2) is 5.17 Å². The first-order valence-corrected chi connectivity index (χ1v) is 11.1. The van der Waals surface area contributed by atoms with E-state index in [1.807, 2.05) is 60.7 Å². The van der Waals surface area contributed by atoms with Crippen LogP contribution in [-0.4, -0.2) is 34.2 Å². The van der Waals surface area contributed by atoms with Crippen LogP contribution in [0.2, 0.25) is 0 Å². The first-order chi connectivity index (χ1) is 15.6. The molecule has 1 N–H and O–H groups in total. The lowest BCUT2D eigenvalue weighted by Crippen LogP contribution is -2.44. The van der Waals surface area contributed by atoms with Crippen molar-refractivity contribution in [3.63, 3.8) is 0 Å². The van der Waals surface area contributed by atoms with Crippen LogP contribution in [0.15, 0.2) is 89.9 Å². The number of carbonyl (C=O) groups is 2. The van der Waals surface area contributed by atoms with Gasteiger partial charge in [0, 0.05) is 12.1 Å². The van der Waals surface area contributed by atoms with Crippen LogP contribution in [0.5, 0.6) is 5.75 Å². The molecule has 1 saturated heterocycles.